The second-order valence-electron chi connectivity index (χ2n) is 7.17. The maximum absolute atomic E-state index is 13.0. The number of likely N-dealkylation sites (tertiary alicyclic amines) is 1. The highest BCUT2D eigenvalue weighted by Gasteiger charge is 2.38. The Labute approximate surface area is 152 Å². The van der Waals surface area contributed by atoms with Gasteiger partial charge >= 0.3 is 0 Å². The molecule has 3 amide bonds. The van der Waals surface area contributed by atoms with Gasteiger partial charge in [-0.2, -0.15) is 0 Å². The van der Waals surface area contributed by atoms with Crippen molar-refractivity contribution < 1.29 is 18.8 Å². The van der Waals surface area contributed by atoms with E-state index >= 15 is 0 Å². The Morgan fingerprint density at radius 2 is 1.62 bits per heavy atom. The molecule has 0 N–H and O–H groups in total. The minimum atomic E-state index is -0.376. The Bertz CT molecular complexity index is 696. The van der Waals surface area contributed by atoms with Crippen LogP contribution in [0.5, 0.6) is 0 Å². The first kappa shape index (κ1) is 18.4. The van der Waals surface area contributed by atoms with Gasteiger partial charge in [-0.1, -0.05) is 0 Å². The van der Waals surface area contributed by atoms with Crippen molar-refractivity contribution in [3.63, 3.8) is 0 Å². The Morgan fingerprint density at radius 1 is 1.04 bits per heavy atom. The van der Waals surface area contributed by atoms with E-state index in [0.29, 0.717) is 38.3 Å². The third-order valence-electron chi connectivity index (χ3n) is 5.10. The van der Waals surface area contributed by atoms with Gasteiger partial charge in [-0.15, -0.1) is 0 Å². The predicted molar refractivity (Wildman–Crippen MR) is 93.8 cm³/mol. The largest absolute Gasteiger partial charge is 0.339 e. The quantitative estimate of drug-likeness (QED) is 0.817. The lowest BCUT2D eigenvalue weighted by Gasteiger charge is -2.36. The minimum absolute atomic E-state index is 0.00428. The Hall–Kier alpha value is -2.44. The third-order valence-corrected chi connectivity index (χ3v) is 5.10. The molecule has 0 bridgehead atoms. The zero-order valence-electron chi connectivity index (χ0n) is 15.2. The lowest BCUT2D eigenvalue weighted by atomic mass is 10.1. The number of benzene rings is 1. The maximum atomic E-state index is 13.0. The van der Waals surface area contributed by atoms with Crippen LogP contribution >= 0.6 is 0 Å². The molecule has 140 valence electrons. The summed E-state index contributed by atoms with van der Waals surface area (Å²) in [5, 5.41) is 0. The SMILES string of the molecule is CC(C)N1CC(C(=O)N2CCN(C(=O)c3ccc(F)cc3)CC2)CC1=O. The van der Waals surface area contributed by atoms with Crippen molar-refractivity contribution >= 4 is 17.7 Å². The van der Waals surface area contributed by atoms with Crippen LogP contribution in [-0.4, -0.2) is 71.2 Å². The molecule has 1 aromatic carbocycles. The molecule has 3 rings (SSSR count). The van der Waals surface area contributed by atoms with Crippen molar-refractivity contribution in [3.05, 3.63) is 35.6 Å². The number of rotatable bonds is 3. The fraction of sp³-hybridized carbons (Fsp3) is 0.526. The van der Waals surface area contributed by atoms with Crippen molar-refractivity contribution in [1.82, 2.24) is 14.7 Å². The Morgan fingerprint density at radius 3 is 2.15 bits per heavy atom. The molecule has 0 saturated carbocycles. The van der Waals surface area contributed by atoms with Gasteiger partial charge in [0.1, 0.15) is 5.82 Å². The fourth-order valence-electron chi connectivity index (χ4n) is 3.56. The first-order valence-electron chi connectivity index (χ1n) is 9.00. The molecule has 1 aromatic rings. The van der Waals surface area contributed by atoms with Crippen LogP contribution in [0.15, 0.2) is 24.3 Å². The molecule has 1 unspecified atom stereocenters. The molecular formula is C19H24FN3O3. The van der Waals surface area contributed by atoms with Crippen molar-refractivity contribution in [1.29, 1.82) is 0 Å². The second-order valence-corrected chi connectivity index (χ2v) is 7.17. The van der Waals surface area contributed by atoms with Crippen molar-refractivity contribution in [2.24, 2.45) is 5.92 Å². The van der Waals surface area contributed by atoms with E-state index in [2.05, 4.69) is 0 Å². The first-order chi connectivity index (χ1) is 12.4. The average molecular weight is 361 g/mol. The zero-order valence-corrected chi connectivity index (χ0v) is 15.2. The summed E-state index contributed by atoms with van der Waals surface area (Å²) in [7, 11) is 0. The van der Waals surface area contributed by atoms with E-state index in [9.17, 15) is 18.8 Å². The van der Waals surface area contributed by atoms with Gasteiger partial charge in [-0.25, -0.2) is 4.39 Å². The van der Waals surface area contributed by atoms with Crippen LogP contribution in [0.3, 0.4) is 0 Å². The number of hydrogen-bond acceptors (Lipinski definition) is 3. The molecule has 6 nitrogen and oxygen atoms in total. The summed E-state index contributed by atoms with van der Waals surface area (Å²) >= 11 is 0. The van der Waals surface area contributed by atoms with Gasteiger partial charge in [0.2, 0.25) is 11.8 Å². The van der Waals surface area contributed by atoms with Crippen LogP contribution in [0, 0.1) is 11.7 Å². The number of carbonyl (C=O) groups is 3. The zero-order chi connectivity index (χ0) is 18.8. The van der Waals surface area contributed by atoms with Crippen LogP contribution in [0.2, 0.25) is 0 Å². The van der Waals surface area contributed by atoms with E-state index in [4.69, 9.17) is 0 Å². The van der Waals surface area contributed by atoms with Gasteiger partial charge in [0.25, 0.3) is 5.91 Å². The van der Waals surface area contributed by atoms with E-state index in [1.165, 1.54) is 24.3 Å². The van der Waals surface area contributed by atoms with Crippen LogP contribution < -0.4 is 0 Å². The van der Waals surface area contributed by atoms with Gasteiger partial charge in [0.05, 0.1) is 5.92 Å². The molecule has 2 fully saturated rings. The predicted octanol–water partition coefficient (Wildman–Crippen LogP) is 1.37. The molecular weight excluding hydrogens is 337 g/mol. The molecule has 26 heavy (non-hydrogen) atoms. The van der Waals surface area contributed by atoms with Crippen molar-refractivity contribution in [2.75, 3.05) is 32.7 Å². The molecule has 7 heteroatoms. The summed E-state index contributed by atoms with van der Waals surface area (Å²) < 4.78 is 13.0. The van der Waals surface area contributed by atoms with Crippen LogP contribution in [-0.2, 0) is 9.59 Å². The monoisotopic (exact) mass is 361 g/mol. The number of carbonyl (C=O) groups excluding carboxylic acids is 3. The molecule has 2 heterocycles. The molecule has 0 aromatic heterocycles. The molecule has 1 atom stereocenters. The molecule has 2 aliphatic rings. The normalized spacial score (nSPS) is 20.8. The van der Waals surface area contributed by atoms with Gasteiger partial charge in [-0.3, -0.25) is 14.4 Å². The number of hydrogen-bond donors (Lipinski definition) is 0. The number of nitrogens with zero attached hydrogens (tertiary/aromatic N) is 3. The summed E-state index contributed by atoms with van der Waals surface area (Å²) in [4.78, 5) is 42.3. The highest BCUT2D eigenvalue weighted by atomic mass is 19.1. The van der Waals surface area contributed by atoms with E-state index in [-0.39, 0.29) is 41.9 Å². The Kier molecular flexibility index (Phi) is 5.25. The average Bonchev–Trinajstić information content (AvgIpc) is 3.03. The lowest BCUT2D eigenvalue weighted by molar-refractivity contribution is -0.137. The maximum Gasteiger partial charge on any atom is 0.253 e. The summed E-state index contributed by atoms with van der Waals surface area (Å²) in [6, 6.07) is 5.58. The topological polar surface area (TPSA) is 60.9 Å². The summed E-state index contributed by atoms with van der Waals surface area (Å²) in [5.74, 6) is -0.791. The van der Waals surface area contributed by atoms with E-state index in [0.717, 1.165) is 0 Å². The first-order valence-corrected chi connectivity index (χ1v) is 9.00. The van der Waals surface area contributed by atoms with Gasteiger partial charge in [-0.05, 0) is 38.1 Å². The number of amides is 3. The smallest absolute Gasteiger partial charge is 0.253 e. The second kappa shape index (κ2) is 7.43. The molecule has 0 aliphatic carbocycles. The lowest BCUT2D eigenvalue weighted by Crippen LogP contribution is -2.52. The molecule has 0 radical (unpaired) electrons. The number of piperazine rings is 1. The summed E-state index contributed by atoms with van der Waals surface area (Å²) in [6.07, 6.45) is 0.270. The standard InChI is InChI=1S/C19H24FN3O3/c1-13(2)23-12-15(11-17(23)24)19(26)22-9-7-21(8-10-22)18(25)14-3-5-16(20)6-4-14/h3-6,13,15H,7-12H2,1-2H3. The van der Waals surface area contributed by atoms with E-state index in [1.54, 1.807) is 14.7 Å². The van der Waals surface area contributed by atoms with Gasteiger partial charge in [0.15, 0.2) is 0 Å². The van der Waals surface area contributed by atoms with Crippen LogP contribution in [0.25, 0.3) is 0 Å². The minimum Gasteiger partial charge on any atom is -0.339 e. The molecule has 0 spiro atoms. The van der Waals surface area contributed by atoms with Gasteiger partial charge < -0.3 is 14.7 Å². The fourth-order valence-corrected chi connectivity index (χ4v) is 3.56. The third kappa shape index (κ3) is 3.71. The summed E-state index contributed by atoms with van der Waals surface area (Å²) in [6.45, 7) is 6.17. The number of halogens is 1. The molecule has 2 saturated heterocycles. The van der Waals surface area contributed by atoms with Crippen molar-refractivity contribution in [2.45, 2.75) is 26.3 Å². The highest BCUT2D eigenvalue weighted by Crippen LogP contribution is 2.23. The van der Waals surface area contributed by atoms with E-state index in [1.807, 2.05) is 13.8 Å². The Balaban J connectivity index is 1.55. The van der Waals surface area contributed by atoms with Crippen LogP contribution in [0.1, 0.15) is 30.6 Å². The van der Waals surface area contributed by atoms with E-state index < -0.39 is 0 Å². The van der Waals surface area contributed by atoms with Gasteiger partial charge in [0, 0.05) is 50.7 Å². The highest BCUT2D eigenvalue weighted by molar-refractivity contribution is 5.94. The summed E-state index contributed by atoms with van der Waals surface area (Å²) in [5.41, 5.74) is 0.445. The molecule has 2 aliphatic heterocycles. The van der Waals surface area contributed by atoms with Crippen molar-refractivity contribution in [3.8, 4) is 0 Å². The van der Waals surface area contributed by atoms with Crippen LogP contribution in [0.4, 0.5) is 4.39 Å².